The molecule has 2 amide bonds. The molecule has 0 spiro atoms. The van der Waals surface area contributed by atoms with Gasteiger partial charge in [-0.25, -0.2) is 18.6 Å². The average Bonchev–Trinajstić information content (AvgIpc) is 3.56. The summed E-state index contributed by atoms with van der Waals surface area (Å²) in [7, 11) is 0. The van der Waals surface area contributed by atoms with Crippen molar-refractivity contribution in [2.75, 3.05) is 11.1 Å². The molecule has 11 heteroatoms. The second kappa shape index (κ2) is 11.3. The minimum absolute atomic E-state index is 0.135. The summed E-state index contributed by atoms with van der Waals surface area (Å²) in [6.07, 6.45) is -3.22. The maximum atomic E-state index is 13.0. The number of imidazole rings is 1. The fourth-order valence-corrected chi connectivity index (χ4v) is 4.71. The summed E-state index contributed by atoms with van der Waals surface area (Å²) < 4.78 is 33.0. The van der Waals surface area contributed by atoms with Crippen molar-refractivity contribution in [3.05, 3.63) is 106 Å². The highest BCUT2D eigenvalue weighted by Crippen LogP contribution is 2.30. The number of halogens is 2. The lowest BCUT2D eigenvalue weighted by Gasteiger charge is -2.11. The normalized spacial score (nSPS) is 11.1. The number of alkyl carbamates (subject to hydrolysis) is 1. The van der Waals surface area contributed by atoms with E-state index in [1.165, 1.54) is 12.1 Å². The second-order valence-electron chi connectivity index (χ2n) is 8.56. The third kappa shape index (κ3) is 6.04. The zero-order valence-electron chi connectivity index (χ0n) is 20.4. The van der Waals surface area contributed by atoms with Gasteiger partial charge in [0.2, 0.25) is 5.95 Å². The number of thiophene rings is 1. The molecule has 0 aliphatic carbocycles. The first-order valence-corrected chi connectivity index (χ1v) is 12.7. The molecule has 198 valence electrons. The van der Waals surface area contributed by atoms with E-state index < -0.39 is 18.4 Å². The predicted molar refractivity (Wildman–Crippen MR) is 146 cm³/mol. The molecule has 0 unspecified atom stereocenters. The highest BCUT2D eigenvalue weighted by atomic mass is 32.1. The molecule has 0 radical (unpaired) electrons. The Morgan fingerprint density at radius 3 is 2.54 bits per heavy atom. The number of hydrogen-bond donors (Lipinski definition) is 3. The molecule has 0 fully saturated rings. The van der Waals surface area contributed by atoms with E-state index in [1.807, 2.05) is 48.5 Å². The highest BCUT2D eigenvalue weighted by Gasteiger charge is 2.19. The van der Waals surface area contributed by atoms with Crippen molar-refractivity contribution in [3.63, 3.8) is 0 Å². The molecular weight excluding hydrogens is 524 g/mol. The van der Waals surface area contributed by atoms with Crippen molar-refractivity contribution in [2.24, 2.45) is 0 Å². The highest BCUT2D eigenvalue weighted by molar-refractivity contribution is 7.14. The van der Waals surface area contributed by atoms with Crippen molar-refractivity contribution < 1.29 is 23.1 Å². The molecule has 5 aromatic rings. The number of nitrogens with zero attached hydrogens (tertiary/aromatic N) is 2. The molecule has 0 atom stereocenters. The van der Waals surface area contributed by atoms with Crippen LogP contribution in [0.2, 0.25) is 0 Å². The van der Waals surface area contributed by atoms with Crippen LogP contribution in [0.5, 0.6) is 0 Å². The van der Waals surface area contributed by atoms with Crippen molar-refractivity contribution in [1.82, 2.24) is 14.9 Å². The number of amides is 2. The van der Waals surface area contributed by atoms with E-state index >= 15 is 0 Å². The van der Waals surface area contributed by atoms with Crippen LogP contribution in [0, 0.1) is 0 Å². The van der Waals surface area contributed by atoms with Crippen LogP contribution in [0.25, 0.3) is 16.7 Å². The van der Waals surface area contributed by atoms with Crippen LogP contribution in [-0.4, -0.2) is 21.6 Å². The largest absolute Gasteiger partial charge is 0.445 e. The Labute approximate surface area is 226 Å². The molecule has 2 heterocycles. The molecule has 39 heavy (non-hydrogen) atoms. The number of hydrogen-bond acceptors (Lipinski definition) is 6. The van der Waals surface area contributed by atoms with Crippen LogP contribution >= 0.6 is 11.3 Å². The molecule has 0 saturated heterocycles. The van der Waals surface area contributed by atoms with Gasteiger partial charge in [-0.1, -0.05) is 42.5 Å². The lowest BCUT2D eigenvalue weighted by atomic mass is 10.2. The Hall–Kier alpha value is -4.77. The minimum Gasteiger partial charge on any atom is -0.445 e. The molecule has 0 aliphatic rings. The summed E-state index contributed by atoms with van der Waals surface area (Å²) >= 11 is 0.722. The fraction of sp³-hybridized carbons (Fsp3) is 0.107. The van der Waals surface area contributed by atoms with Gasteiger partial charge in [-0.05, 0) is 53.6 Å². The Morgan fingerprint density at radius 2 is 1.79 bits per heavy atom. The third-order valence-electron chi connectivity index (χ3n) is 5.79. The van der Waals surface area contributed by atoms with Crippen LogP contribution in [0.3, 0.4) is 0 Å². The van der Waals surface area contributed by atoms with Crippen molar-refractivity contribution in [2.45, 2.75) is 19.6 Å². The molecule has 0 saturated carbocycles. The standard InChI is InChI=1S/C28H23F2N5O3S/c29-25(30)23-11-12-24(39-23)26(36)34-27-33-21-13-18(15-32-28(37)38-16-17-5-2-1-3-6-17)9-10-22(21)35(27)20-8-4-7-19(31)14-20/h1-14,25H,15-16,31H2,(H,32,37)(H,33,34,36). The number of carbonyl (C=O) groups excluding carboxylic acids is 2. The third-order valence-corrected chi connectivity index (χ3v) is 6.88. The van der Waals surface area contributed by atoms with E-state index in [1.54, 1.807) is 28.8 Å². The summed E-state index contributed by atoms with van der Waals surface area (Å²) in [5, 5.41) is 5.45. The summed E-state index contributed by atoms with van der Waals surface area (Å²) in [6, 6.07) is 24.4. The number of ether oxygens (including phenoxy) is 1. The first-order valence-electron chi connectivity index (χ1n) is 11.9. The zero-order chi connectivity index (χ0) is 27.4. The van der Waals surface area contributed by atoms with Crippen LogP contribution < -0.4 is 16.4 Å². The van der Waals surface area contributed by atoms with Gasteiger partial charge in [-0.2, -0.15) is 0 Å². The van der Waals surface area contributed by atoms with Crippen LogP contribution in [0.15, 0.2) is 84.9 Å². The van der Waals surface area contributed by atoms with Gasteiger partial charge in [-0.3, -0.25) is 14.7 Å². The number of nitrogen functional groups attached to an aromatic ring is 1. The van der Waals surface area contributed by atoms with E-state index in [9.17, 15) is 18.4 Å². The molecule has 0 aliphatic heterocycles. The van der Waals surface area contributed by atoms with Crippen molar-refractivity contribution >= 4 is 46.0 Å². The smallest absolute Gasteiger partial charge is 0.407 e. The van der Waals surface area contributed by atoms with E-state index in [0.29, 0.717) is 22.4 Å². The second-order valence-corrected chi connectivity index (χ2v) is 9.68. The molecule has 8 nitrogen and oxygen atoms in total. The summed E-state index contributed by atoms with van der Waals surface area (Å²) in [6.45, 7) is 0.352. The van der Waals surface area contributed by atoms with E-state index in [0.717, 1.165) is 22.5 Å². The number of alkyl halides is 2. The maximum absolute atomic E-state index is 13.0. The Bertz CT molecular complexity index is 1640. The van der Waals surface area contributed by atoms with E-state index in [2.05, 4.69) is 15.6 Å². The quantitative estimate of drug-likeness (QED) is 0.198. The number of carbonyl (C=O) groups is 2. The molecule has 3 aromatic carbocycles. The lowest BCUT2D eigenvalue weighted by molar-refractivity contribution is 0.102. The molecule has 2 aromatic heterocycles. The van der Waals surface area contributed by atoms with Gasteiger partial charge in [0.1, 0.15) is 6.61 Å². The van der Waals surface area contributed by atoms with Crippen LogP contribution in [0.4, 0.5) is 25.2 Å². The lowest BCUT2D eigenvalue weighted by Crippen LogP contribution is -2.23. The number of nitrogens with one attached hydrogen (secondary N) is 2. The van der Waals surface area contributed by atoms with Crippen molar-refractivity contribution in [1.29, 1.82) is 0 Å². The maximum Gasteiger partial charge on any atom is 0.407 e. The van der Waals surface area contributed by atoms with Crippen LogP contribution in [-0.2, 0) is 17.9 Å². The molecular formula is C28H23F2N5O3S. The summed E-state index contributed by atoms with van der Waals surface area (Å²) in [5.41, 5.74) is 10.0. The molecule has 0 bridgehead atoms. The summed E-state index contributed by atoms with van der Waals surface area (Å²) in [4.78, 5) is 29.6. The number of rotatable bonds is 8. The number of anilines is 2. The first-order chi connectivity index (χ1) is 18.9. The zero-order valence-corrected chi connectivity index (χ0v) is 21.3. The van der Waals surface area contributed by atoms with Gasteiger partial charge in [0.05, 0.1) is 26.5 Å². The monoisotopic (exact) mass is 547 g/mol. The predicted octanol–water partition coefficient (Wildman–Crippen LogP) is 6.29. The van der Waals surface area contributed by atoms with Gasteiger partial charge in [0.25, 0.3) is 12.3 Å². The molecule has 4 N–H and O–H groups in total. The number of nitrogens with two attached hydrogens (primary N) is 1. The first kappa shape index (κ1) is 25.9. The number of benzene rings is 3. The number of fused-ring (bicyclic) bond motifs is 1. The van der Waals surface area contributed by atoms with E-state index in [-0.39, 0.29) is 28.9 Å². The number of aromatic nitrogens is 2. The fourth-order valence-electron chi connectivity index (χ4n) is 3.95. The minimum atomic E-state index is -2.66. The molecule has 5 rings (SSSR count). The Balaban J connectivity index is 1.38. The van der Waals surface area contributed by atoms with Gasteiger partial charge in [0.15, 0.2) is 0 Å². The Morgan fingerprint density at radius 1 is 0.974 bits per heavy atom. The SMILES string of the molecule is Nc1cccc(-n2c(NC(=O)c3ccc(C(F)F)s3)nc3cc(CNC(=O)OCc4ccccc4)ccc32)c1. The van der Waals surface area contributed by atoms with Gasteiger partial charge >= 0.3 is 6.09 Å². The average molecular weight is 548 g/mol. The Kier molecular flexibility index (Phi) is 7.50. The van der Waals surface area contributed by atoms with Crippen LogP contribution in [0.1, 0.15) is 32.1 Å². The van der Waals surface area contributed by atoms with Gasteiger partial charge in [-0.15, -0.1) is 11.3 Å². The van der Waals surface area contributed by atoms with E-state index in [4.69, 9.17) is 10.5 Å². The van der Waals surface area contributed by atoms with Gasteiger partial charge in [0, 0.05) is 12.2 Å². The summed E-state index contributed by atoms with van der Waals surface area (Å²) in [5.74, 6) is -0.365. The van der Waals surface area contributed by atoms with Gasteiger partial charge < -0.3 is 15.8 Å². The van der Waals surface area contributed by atoms with Crippen molar-refractivity contribution in [3.8, 4) is 5.69 Å². The topological polar surface area (TPSA) is 111 Å².